The zero-order valence-corrected chi connectivity index (χ0v) is 11.5. The lowest BCUT2D eigenvalue weighted by Crippen LogP contribution is -2.18. The maximum atomic E-state index is 5.75. The van der Waals surface area contributed by atoms with E-state index in [1.807, 2.05) is 30.4 Å². The van der Waals surface area contributed by atoms with Crippen LogP contribution in [0.5, 0.6) is 5.88 Å². The maximum Gasteiger partial charge on any atom is 0.238 e. The Morgan fingerprint density at radius 3 is 2.83 bits per heavy atom. The molecule has 18 heavy (non-hydrogen) atoms. The van der Waals surface area contributed by atoms with Gasteiger partial charge in [-0.15, -0.1) is 11.3 Å². The van der Waals surface area contributed by atoms with Crippen molar-refractivity contribution < 1.29 is 4.74 Å². The number of nitrogens with two attached hydrogens (primary N) is 1. The number of anilines is 2. The van der Waals surface area contributed by atoms with Crippen LogP contribution in [0, 0.1) is 6.92 Å². The van der Waals surface area contributed by atoms with Gasteiger partial charge >= 0.3 is 0 Å². The van der Waals surface area contributed by atoms with Crippen LogP contribution >= 0.6 is 11.3 Å². The first-order valence-corrected chi connectivity index (χ1v) is 6.40. The van der Waals surface area contributed by atoms with E-state index < -0.39 is 0 Å². The van der Waals surface area contributed by atoms with Crippen molar-refractivity contribution in [1.29, 1.82) is 0 Å². The minimum Gasteiger partial charge on any atom is -0.479 e. The number of rotatable bonds is 4. The molecule has 0 aliphatic rings. The molecule has 0 atom stereocenters. The third kappa shape index (κ3) is 2.53. The second-order valence-corrected chi connectivity index (χ2v) is 4.92. The van der Waals surface area contributed by atoms with Crippen LogP contribution in [0.15, 0.2) is 17.6 Å². The average Bonchev–Trinajstić information content (AvgIpc) is 2.75. The van der Waals surface area contributed by atoms with Crippen LogP contribution in [-0.2, 0) is 6.54 Å². The van der Waals surface area contributed by atoms with E-state index in [0.29, 0.717) is 11.6 Å². The van der Waals surface area contributed by atoms with Crippen molar-refractivity contribution in [2.24, 2.45) is 0 Å². The molecule has 0 amide bonds. The van der Waals surface area contributed by atoms with Gasteiger partial charge in [0, 0.05) is 11.9 Å². The number of pyridine rings is 1. The average molecular weight is 264 g/mol. The molecule has 0 aliphatic heterocycles. The molecule has 0 unspecified atom stereocenters. The molecular formula is C12H16N4OS. The van der Waals surface area contributed by atoms with E-state index in [9.17, 15) is 0 Å². The van der Waals surface area contributed by atoms with E-state index >= 15 is 0 Å². The summed E-state index contributed by atoms with van der Waals surface area (Å²) in [5.41, 5.74) is 9.21. The van der Waals surface area contributed by atoms with Crippen LogP contribution < -0.4 is 15.4 Å². The third-order valence-corrected chi connectivity index (χ3v) is 3.60. The Morgan fingerprint density at radius 2 is 2.22 bits per heavy atom. The summed E-state index contributed by atoms with van der Waals surface area (Å²) in [5.74, 6) is 1.29. The molecule has 2 aromatic heterocycles. The molecule has 0 radical (unpaired) electrons. The summed E-state index contributed by atoms with van der Waals surface area (Å²) < 4.78 is 5.12. The van der Waals surface area contributed by atoms with E-state index in [2.05, 4.69) is 9.97 Å². The molecule has 6 heteroatoms. The smallest absolute Gasteiger partial charge is 0.238 e. The summed E-state index contributed by atoms with van der Waals surface area (Å²) in [4.78, 5) is 11.9. The molecule has 2 rings (SSSR count). The highest BCUT2D eigenvalue weighted by Gasteiger charge is 2.10. The second-order valence-electron chi connectivity index (χ2n) is 3.98. The molecular weight excluding hydrogens is 248 g/mol. The van der Waals surface area contributed by atoms with Crippen LogP contribution in [0.4, 0.5) is 11.5 Å². The van der Waals surface area contributed by atoms with Gasteiger partial charge in [0.2, 0.25) is 5.88 Å². The van der Waals surface area contributed by atoms with Gasteiger partial charge in [-0.25, -0.2) is 4.98 Å². The van der Waals surface area contributed by atoms with Gasteiger partial charge in [0.05, 0.1) is 30.5 Å². The molecule has 0 aromatic carbocycles. The largest absolute Gasteiger partial charge is 0.479 e. The monoisotopic (exact) mass is 264 g/mol. The summed E-state index contributed by atoms with van der Waals surface area (Å²) in [6.45, 7) is 2.78. The number of aryl methyl sites for hydroxylation is 1. The minimum atomic E-state index is 0.459. The molecule has 0 aliphatic carbocycles. The van der Waals surface area contributed by atoms with Crippen molar-refractivity contribution in [3.8, 4) is 5.88 Å². The Hall–Kier alpha value is -1.82. The van der Waals surface area contributed by atoms with Gasteiger partial charge in [-0.2, -0.15) is 4.98 Å². The summed E-state index contributed by atoms with van der Waals surface area (Å²) in [5, 5.41) is 0. The first-order chi connectivity index (χ1) is 8.61. The van der Waals surface area contributed by atoms with E-state index in [1.54, 1.807) is 24.5 Å². The molecule has 0 saturated carbocycles. The molecule has 0 bridgehead atoms. The van der Waals surface area contributed by atoms with Gasteiger partial charge < -0.3 is 15.4 Å². The lowest BCUT2D eigenvalue weighted by atomic mass is 10.3. The molecule has 2 N–H and O–H groups in total. The van der Waals surface area contributed by atoms with Gasteiger partial charge in [0.1, 0.15) is 5.82 Å². The lowest BCUT2D eigenvalue weighted by Gasteiger charge is -2.18. The zero-order chi connectivity index (χ0) is 13.1. The maximum absolute atomic E-state index is 5.75. The highest BCUT2D eigenvalue weighted by Crippen LogP contribution is 2.24. The fourth-order valence-electron chi connectivity index (χ4n) is 1.59. The summed E-state index contributed by atoms with van der Waals surface area (Å²) in [6.07, 6.45) is 0. The van der Waals surface area contributed by atoms with Crippen molar-refractivity contribution in [3.05, 3.63) is 28.2 Å². The Labute approximate surface area is 110 Å². The molecule has 0 spiro atoms. The highest BCUT2D eigenvalue weighted by molar-refractivity contribution is 7.09. The Bertz CT molecular complexity index is 541. The van der Waals surface area contributed by atoms with Crippen molar-refractivity contribution in [2.45, 2.75) is 13.5 Å². The van der Waals surface area contributed by atoms with E-state index in [4.69, 9.17) is 10.5 Å². The quantitative estimate of drug-likeness (QED) is 0.916. The number of nitrogens with zero attached hydrogens (tertiary/aromatic N) is 3. The predicted octanol–water partition coefficient (Wildman–Crippen LogP) is 2.07. The van der Waals surface area contributed by atoms with Gasteiger partial charge in [-0.3, -0.25) is 0 Å². The summed E-state index contributed by atoms with van der Waals surface area (Å²) >= 11 is 1.65. The summed E-state index contributed by atoms with van der Waals surface area (Å²) in [7, 11) is 3.55. The van der Waals surface area contributed by atoms with Crippen LogP contribution in [0.2, 0.25) is 0 Å². The fraction of sp³-hybridized carbons (Fsp3) is 0.333. The topological polar surface area (TPSA) is 64.3 Å². The number of nitrogen functional groups attached to an aromatic ring is 1. The fourth-order valence-corrected chi connectivity index (χ4v) is 2.42. The molecule has 0 fully saturated rings. The Balaban J connectivity index is 2.18. The zero-order valence-electron chi connectivity index (χ0n) is 10.7. The molecule has 2 heterocycles. The first kappa shape index (κ1) is 12.6. The van der Waals surface area contributed by atoms with Crippen molar-refractivity contribution in [2.75, 3.05) is 24.8 Å². The Kier molecular flexibility index (Phi) is 3.66. The molecule has 5 nitrogen and oxygen atoms in total. The number of thiazole rings is 1. The SMILES string of the molecule is COc1nc(N(C)Cc2scnc2C)ccc1N. The normalized spacial score (nSPS) is 10.4. The number of hydrogen-bond donors (Lipinski definition) is 1. The van der Waals surface area contributed by atoms with Gasteiger partial charge in [0.15, 0.2) is 0 Å². The third-order valence-electron chi connectivity index (χ3n) is 2.69. The van der Waals surface area contributed by atoms with Crippen LogP contribution in [0.25, 0.3) is 0 Å². The highest BCUT2D eigenvalue weighted by atomic mass is 32.1. The second kappa shape index (κ2) is 5.22. The van der Waals surface area contributed by atoms with E-state index in [-0.39, 0.29) is 0 Å². The van der Waals surface area contributed by atoms with E-state index in [1.165, 1.54) is 4.88 Å². The van der Waals surface area contributed by atoms with Gasteiger partial charge in [0.25, 0.3) is 0 Å². The van der Waals surface area contributed by atoms with Crippen molar-refractivity contribution >= 4 is 22.8 Å². The lowest BCUT2D eigenvalue weighted by molar-refractivity contribution is 0.400. The van der Waals surface area contributed by atoms with Crippen LogP contribution in [-0.4, -0.2) is 24.1 Å². The standard InChI is InChI=1S/C12H16N4OS/c1-8-10(18-7-14-8)6-16(2)11-5-4-9(13)12(15-11)17-3/h4-5,7H,6,13H2,1-3H3. The van der Waals surface area contributed by atoms with E-state index in [0.717, 1.165) is 18.1 Å². The number of hydrogen-bond acceptors (Lipinski definition) is 6. The van der Waals surface area contributed by atoms with Crippen molar-refractivity contribution in [1.82, 2.24) is 9.97 Å². The molecule has 2 aromatic rings. The van der Waals surface area contributed by atoms with Crippen LogP contribution in [0.1, 0.15) is 10.6 Å². The van der Waals surface area contributed by atoms with Gasteiger partial charge in [-0.05, 0) is 19.1 Å². The number of ether oxygens (including phenoxy) is 1. The summed E-state index contributed by atoms with van der Waals surface area (Å²) in [6, 6.07) is 3.69. The predicted molar refractivity (Wildman–Crippen MR) is 74.2 cm³/mol. The number of aromatic nitrogens is 2. The van der Waals surface area contributed by atoms with Crippen LogP contribution in [0.3, 0.4) is 0 Å². The van der Waals surface area contributed by atoms with Gasteiger partial charge in [-0.1, -0.05) is 0 Å². The minimum absolute atomic E-state index is 0.459. The molecule has 0 saturated heterocycles. The Morgan fingerprint density at radius 1 is 1.44 bits per heavy atom. The first-order valence-electron chi connectivity index (χ1n) is 5.52. The molecule has 96 valence electrons. The van der Waals surface area contributed by atoms with Crippen molar-refractivity contribution in [3.63, 3.8) is 0 Å². The number of methoxy groups -OCH3 is 1.